The molecule has 2 aliphatic heterocycles. The minimum Gasteiger partial charge on any atom is -0.455 e. The molecule has 1 amide bonds. The van der Waals surface area contributed by atoms with Crippen molar-refractivity contribution < 1.29 is 19.1 Å². The van der Waals surface area contributed by atoms with Crippen LogP contribution in [0, 0.1) is 0 Å². The molecular formula is C17H24N4O4S. The maximum Gasteiger partial charge on any atom is 0.355 e. The van der Waals surface area contributed by atoms with E-state index in [2.05, 4.69) is 10.3 Å². The Morgan fingerprint density at radius 2 is 2.19 bits per heavy atom. The summed E-state index contributed by atoms with van der Waals surface area (Å²) < 4.78 is 12.4. The average Bonchev–Trinajstić information content (AvgIpc) is 2.98. The number of carbonyl (C=O) groups excluding carboxylic acids is 2. The highest BCUT2D eigenvalue weighted by Gasteiger charge is 2.54. The number of methoxy groups -OCH3 is 1. The largest absolute Gasteiger partial charge is 0.455 e. The van der Waals surface area contributed by atoms with Crippen molar-refractivity contribution in [3.8, 4) is 0 Å². The van der Waals surface area contributed by atoms with E-state index < -0.39 is 17.6 Å². The quantitative estimate of drug-likeness (QED) is 0.616. The number of thioether (sulfide) groups is 1. The number of ether oxygens (including phenoxy) is 2. The van der Waals surface area contributed by atoms with Gasteiger partial charge in [-0.05, 0) is 33.3 Å². The number of fused-ring (bicyclic) bond motifs is 1. The topological polar surface area (TPSA) is 85.7 Å². The summed E-state index contributed by atoms with van der Waals surface area (Å²) in [6.45, 7) is 7.64. The molecule has 3 rings (SSSR count). The van der Waals surface area contributed by atoms with E-state index in [1.807, 2.05) is 27.7 Å². The van der Waals surface area contributed by atoms with Gasteiger partial charge < -0.3 is 14.8 Å². The number of carbonyl (C=O) groups is 2. The lowest BCUT2D eigenvalue weighted by Gasteiger charge is -2.49. The standard InChI is InChI=1S/C17H24N4O4S/c1-10-8-26-14-11(19-16-18-6-7-20(16)9-24-5)13(22)21(14)12(10)15(23)25-17(2,3)4/h6-7,11,14H,8-9H2,1-5H3,(H,18,19)/t11?,14-/m0/s1. The summed E-state index contributed by atoms with van der Waals surface area (Å²) in [5.41, 5.74) is 0.612. The Hall–Kier alpha value is -2.00. The summed E-state index contributed by atoms with van der Waals surface area (Å²) in [4.78, 5) is 31.1. The van der Waals surface area contributed by atoms with E-state index in [4.69, 9.17) is 9.47 Å². The Labute approximate surface area is 156 Å². The second-order valence-electron chi connectivity index (χ2n) is 7.30. The number of hydrogen-bond donors (Lipinski definition) is 1. The van der Waals surface area contributed by atoms with Crippen molar-refractivity contribution in [2.75, 3.05) is 18.2 Å². The van der Waals surface area contributed by atoms with Crippen molar-refractivity contribution in [3.05, 3.63) is 23.7 Å². The van der Waals surface area contributed by atoms with Gasteiger partial charge in [-0.3, -0.25) is 14.3 Å². The molecule has 1 unspecified atom stereocenters. The number of hydrogen-bond acceptors (Lipinski definition) is 7. The first kappa shape index (κ1) is 18.8. The van der Waals surface area contributed by atoms with Gasteiger partial charge >= 0.3 is 5.97 Å². The third-order valence-corrected chi connectivity index (χ3v) is 5.44. The summed E-state index contributed by atoms with van der Waals surface area (Å²) in [6, 6.07) is -0.441. The van der Waals surface area contributed by atoms with E-state index in [0.717, 1.165) is 5.57 Å². The maximum absolute atomic E-state index is 12.8. The lowest BCUT2D eigenvalue weighted by molar-refractivity contribution is -0.157. The van der Waals surface area contributed by atoms with Crippen LogP contribution in [0.25, 0.3) is 0 Å². The maximum atomic E-state index is 12.8. The van der Waals surface area contributed by atoms with E-state index in [1.165, 1.54) is 0 Å². The summed E-state index contributed by atoms with van der Waals surface area (Å²) in [5.74, 6) is 0.631. The SMILES string of the molecule is COCn1ccnc1NC1C(=O)N2C(C(=O)OC(C)(C)C)=C(C)CS[C@@H]12. The predicted molar refractivity (Wildman–Crippen MR) is 98.3 cm³/mol. The molecule has 1 N–H and O–H groups in total. The molecule has 1 fully saturated rings. The zero-order chi connectivity index (χ0) is 19.1. The summed E-state index contributed by atoms with van der Waals surface area (Å²) in [6.07, 6.45) is 3.42. The molecule has 1 aromatic heterocycles. The molecule has 0 radical (unpaired) electrons. The monoisotopic (exact) mass is 380 g/mol. The Kier molecular flexibility index (Phi) is 5.03. The average molecular weight is 380 g/mol. The number of anilines is 1. The highest BCUT2D eigenvalue weighted by Crippen LogP contribution is 2.41. The number of amides is 1. The second-order valence-corrected chi connectivity index (χ2v) is 8.41. The highest BCUT2D eigenvalue weighted by atomic mass is 32.2. The lowest BCUT2D eigenvalue weighted by atomic mass is 10.0. The molecule has 9 heteroatoms. The van der Waals surface area contributed by atoms with Crippen molar-refractivity contribution in [1.29, 1.82) is 0 Å². The van der Waals surface area contributed by atoms with Gasteiger partial charge in [-0.2, -0.15) is 0 Å². The number of aromatic nitrogens is 2. The number of nitrogens with one attached hydrogen (secondary N) is 1. The first-order chi connectivity index (χ1) is 12.2. The zero-order valence-corrected chi connectivity index (χ0v) is 16.4. The molecule has 3 heterocycles. The normalized spacial score (nSPS) is 22.8. The van der Waals surface area contributed by atoms with E-state index >= 15 is 0 Å². The Morgan fingerprint density at radius 3 is 2.85 bits per heavy atom. The van der Waals surface area contributed by atoms with Crippen LogP contribution >= 0.6 is 11.8 Å². The van der Waals surface area contributed by atoms with Crippen molar-refractivity contribution in [2.24, 2.45) is 0 Å². The first-order valence-electron chi connectivity index (χ1n) is 8.37. The van der Waals surface area contributed by atoms with Crippen molar-refractivity contribution >= 4 is 29.6 Å². The van der Waals surface area contributed by atoms with Crippen molar-refractivity contribution in [3.63, 3.8) is 0 Å². The van der Waals surface area contributed by atoms with Gasteiger partial charge in [0.25, 0.3) is 5.91 Å². The molecule has 8 nitrogen and oxygen atoms in total. The van der Waals surface area contributed by atoms with E-state index in [0.29, 0.717) is 24.1 Å². The minimum atomic E-state index is -0.610. The molecule has 1 aromatic rings. The number of imidazole rings is 1. The molecule has 0 bridgehead atoms. The lowest BCUT2D eigenvalue weighted by Crippen LogP contribution is -2.68. The molecule has 2 aliphatic rings. The van der Waals surface area contributed by atoms with Crippen LogP contribution in [0.5, 0.6) is 0 Å². The van der Waals surface area contributed by atoms with Gasteiger partial charge in [0.15, 0.2) is 0 Å². The van der Waals surface area contributed by atoms with Crippen LogP contribution in [-0.4, -0.2) is 56.2 Å². The second kappa shape index (κ2) is 6.96. The minimum absolute atomic E-state index is 0.158. The first-order valence-corrected chi connectivity index (χ1v) is 9.42. The Balaban J connectivity index is 1.76. The number of nitrogens with zero attached hydrogens (tertiary/aromatic N) is 3. The van der Waals surface area contributed by atoms with E-state index in [-0.39, 0.29) is 11.3 Å². The van der Waals surface area contributed by atoms with E-state index in [1.54, 1.807) is 40.7 Å². The van der Waals surface area contributed by atoms with Gasteiger partial charge in [-0.15, -0.1) is 11.8 Å². The van der Waals surface area contributed by atoms with Crippen LogP contribution < -0.4 is 5.32 Å². The van der Waals surface area contributed by atoms with Gasteiger partial charge in [0.05, 0.1) is 0 Å². The molecule has 0 aliphatic carbocycles. The van der Waals surface area contributed by atoms with Crippen LogP contribution in [0.15, 0.2) is 23.7 Å². The third kappa shape index (κ3) is 3.45. The summed E-state index contributed by atoms with van der Waals surface area (Å²) >= 11 is 1.62. The number of β-lactam (4-membered cyclic amide) rings is 1. The molecule has 26 heavy (non-hydrogen) atoms. The molecule has 0 spiro atoms. The van der Waals surface area contributed by atoms with Gasteiger partial charge in [0.2, 0.25) is 5.95 Å². The molecule has 1 saturated heterocycles. The Bertz CT molecular complexity index is 752. The van der Waals surface area contributed by atoms with Crippen LogP contribution in [0.2, 0.25) is 0 Å². The van der Waals surface area contributed by atoms with Gasteiger partial charge in [-0.1, -0.05) is 0 Å². The van der Waals surface area contributed by atoms with Gasteiger partial charge in [0.1, 0.15) is 29.4 Å². The van der Waals surface area contributed by atoms with Crippen LogP contribution in [0.4, 0.5) is 5.95 Å². The number of esters is 1. The number of rotatable bonds is 5. The molecule has 0 saturated carbocycles. The fourth-order valence-electron chi connectivity index (χ4n) is 2.92. The van der Waals surface area contributed by atoms with Gasteiger partial charge in [-0.25, -0.2) is 9.78 Å². The third-order valence-electron chi connectivity index (χ3n) is 4.02. The zero-order valence-electron chi connectivity index (χ0n) is 15.6. The molecule has 0 aromatic carbocycles. The summed E-state index contributed by atoms with van der Waals surface area (Å²) in [7, 11) is 1.59. The van der Waals surface area contributed by atoms with Crippen LogP contribution in [0.3, 0.4) is 0 Å². The van der Waals surface area contributed by atoms with Crippen LogP contribution in [-0.2, 0) is 25.8 Å². The van der Waals surface area contributed by atoms with Crippen molar-refractivity contribution in [2.45, 2.75) is 51.4 Å². The molecular weight excluding hydrogens is 356 g/mol. The van der Waals surface area contributed by atoms with Gasteiger partial charge in [0, 0.05) is 25.3 Å². The smallest absolute Gasteiger partial charge is 0.355 e. The highest BCUT2D eigenvalue weighted by molar-refractivity contribution is 8.00. The summed E-state index contributed by atoms with van der Waals surface area (Å²) in [5, 5.41) is 3.00. The Morgan fingerprint density at radius 1 is 1.46 bits per heavy atom. The molecule has 2 atom stereocenters. The van der Waals surface area contributed by atoms with Crippen molar-refractivity contribution in [1.82, 2.24) is 14.5 Å². The fraction of sp³-hybridized carbons (Fsp3) is 0.588. The predicted octanol–water partition coefficient (Wildman–Crippen LogP) is 1.80. The molecule has 142 valence electrons. The fourth-order valence-corrected chi connectivity index (χ4v) is 4.21. The van der Waals surface area contributed by atoms with E-state index in [9.17, 15) is 9.59 Å². The van der Waals surface area contributed by atoms with Crippen LogP contribution in [0.1, 0.15) is 27.7 Å².